The van der Waals surface area contributed by atoms with Crippen LogP contribution in [0.4, 0.5) is 0 Å². The summed E-state index contributed by atoms with van der Waals surface area (Å²) in [6.07, 6.45) is 4.04. The van der Waals surface area contributed by atoms with Crippen LogP contribution in [0.2, 0.25) is 0 Å². The minimum atomic E-state index is -0.252. The van der Waals surface area contributed by atoms with Gasteiger partial charge in [0.15, 0.2) is 0 Å². The Kier molecular flexibility index (Phi) is 2.10. The molecule has 0 N–H and O–H groups in total. The molecule has 1 unspecified atom stereocenters. The third kappa shape index (κ3) is 1.20. The Bertz CT molecular complexity index is 487. The Morgan fingerprint density at radius 3 is 2.94 bits per heavy atom. The van der Waals surface area contributed by atoms with Crippen molar-refractivity contribution in [3.63, 3.8) is 0 Å². The Hall–Kier alpha value is -1.35. The number of carbonyl (C=O) groups excluding carboxylic acids is 1. The second-order valence-corrected chi connectivity index (χ2v) is 5.64. The summed E-state index contributed by atoms with van der Waals surface area (Å²) in [6.45, 7) is 0.659. The average Bonchev–Trinajstić information content (AvgIpc) is 3.02. The van der Waals surface area contributed by atoms with Gasteiger partial charge in [-0.05, 0) is 24.8 Å². The Labute approximate surface area is 107 Å². The van der Waals surface area contributed by atoms with E-state index in [9.17, 15) is 4.79 Å². The molecule has 1 saturated carbocycles. The van der Waals surface area contributed by atoms with Crippen LogP contribution < -0.4 is 0 Å². The van der Waals surface area contributed by atoms with Gasteiger partial charge in [-0.15, -0.1) is 0 Å². The van der Waals surface area contributed by atoms with E-state index in [4.69, 9.17) is 4.74 Å². The highest BCUT2D eigenvalue weighted by Crippen LogP contribution is 2.55. The largest absolute Gasteiger partial charge is 0.353 e. The number of rotatable bonds is 1. The monoisotopic (exact) mass is 243 g/mol. The molecular weight excluding hydrogens is 226 g/mol. The number of hydrogen-bond donors (Lipinski definition) is 0. The van der Waals surface area contributed by atoms with Gasteiger partial charge in [0.2, 0.25) is 5.91 Å². The zero-order valence-electron chi connectivity index (χ0n) is 10.3. The fraction of sp³-hybridized carbons (Fsp3) is 0.533. The van der Waals surface area contributed by atoms with Crippen molar-refractivity contribution >= 4 is 5.91 Å². The van der Waals surface area contributed by atoms with Gasteiger partial charge in [0, 0.05) is 12.3 Å². The molecular formula is C15H17NO2. The summed E-state index contributed by atoms with van der Waals surface area (Å²) in [7, 11) is 0. The van der Waals surface area contributed by atoms with Gasteiger partial charge in [-0.25, -0.2) is 0 Å². The van der Waals surface area contributed by atoms with Gasteiger partial charge in [-0.3, -0.25) is 4.79 Å². The topological polar surface area (TPSA) is 29.5 Å². The first-order chi connectivity index (χ1) is 8.81. The maximum absolute atomic E-state index is 12.3. The van der Waals surface area contributed by atoms with E-state index in [0.717, 1.165) is 12.8 Å². The summed E-state index contributed by atoms with van der Waals surface area (Å²) in [5.74, 6) is 0.713. The normalized spacial score (nSPS) is 38.0. The maximum atomic E-state index is 12.3. The molecule has 1 aliphatic carbocycles. The molecule has 1 aromatic rings. The molecule has 3 aliphatic rings. The zero-order valence-corrected chi connectivity index (χ0v) is 10.3. The molecule has 0 aromatic heterocycles. The molecule has 0 bridgehead atoms. The fourth-order valence-electron chi connectivity index (χ4n) is 4.05. The highest BCUT2D eigenvalue weighted by atomic mass is 16.5. The van der Waals surface area contributed by atoms with Gasteiger partial charge in [0.25, 0.3) is 0 Å². The highest BCUT2D eigenvalue weighted by Gasteiger charge is 2.61. The first-order valence-corrected chi connectivity index (χ1v) is 6.82. The van der Waals surface area contributed by atoms with Crippen molar-refractivity contribution in [1.29, 1.82) is 0 Å². The van der Waals surface area contributed by atoms with Crippen LogP contribution in [0.3, 0.4) is 0 Å². The van der Waals surface area contributed by atoms with Gasteiger partial charge in [0.05, 0.1) is 12.6 Å². The minimum absolute atomic E-state index is 0.127. The minimum Gasteiger partial charge on any atom is -0.353 e. The number of nitrogens with zero attached hydrogens (tertiary/aromatic N) is 1. The van der Waals surface area contributed by atoms with Crippen molar-refractivity contribution in [2.45, 2.75) is 37.5 Å². The molecule has 3 nitrogen and oxygen atoms in total. The molecule has 2 aliphatic heterocycles. The molecule has 1 spiro atoms. The first-order valence-electron chi connectivity index (χ1n) is 6.82. The molecule has 3 fully saturated rings. The summed E-state index contributed by atoms with van der Waals surface area (Å²) in [5.41, 5.74) is 0.952. The lowest BCUT2D eigenvalue weighted by atomic mass is 10.0. The fourth-order valence-corrected chi connectivity index (χ4v) is 4.05. The van der Waals surface area contributed by atoms with Crippen molar-refractivity contribution < 1.29 is 9.53 Å². The molecule has 18 heavy (non-hydrogen) atoms. The van der Waals surface area contributed by atoms with Crippen LogP contribution in [0.5, 0.6) is 0 Å². The Morgan fingerprint density at radius 2 is 2.11 bits per heavy atom. The van der Waals surface area contributed by atoms with Gasteiger partial charge < -0.3 is 9.64 Å². The van der Waals surface area contributed by atoms with Crippen LogP contribution >= 0.6 is 0 Å². The zero-order chi connectivity index (χ0) is 12.2. The van der Waals surface area contributed by atoms with Crippen molar-refractivity contribution in [2.24, 2.45) is 5.92 Å². The SMILES string of the molecule is O=C1C[C@H]2CCC[C@]23OCC(c2ccccc2)N13. The van der Waals surface area contributed by atoms with Gasteiger partial charge in [-0.1, -0.05) is 30.3 Å². The molecule has 2 saturated heterocycles. The second-order valence-electron chi connectivity index (χ2n) is 5.64. The quantitative estimate of drug-likeness (QED) is 0.758. The molecule has 1 aromatic carbocycles. The van der Waals surface area contributed by atoms with E-state index >= 15 is 0 Å². The maximum Gasteiger partial charge on any atom is 0.225 e. The van der Waals surface area contributed by atoms with E-state index in [-0.39, 0.29) is 17.7 Å². The molecule has 3 heteroatoms. The molecule has 1 amide bonds. The number of amides is 1. The van der Waals surface area contributed by atoms with Gasteiger partial charge >= 0.3 is 0 Å². The number of ether oxygens (including phenoxy) is 1. The lowest BCUT2D eigenvalue weighted by Gasteiger charge is -2.32. The molecule has 3 atom stereocenters. The van der Waals surface area contributed by atoms with E-state index in [1.807, 2.05) is 18.2 Å². The van der Waals surface area contributed by atoms with Crippen LogP contribution in [0.1, 0.15) is 37.3 Å². The second kappa shape index (κ2) is 3.58. The Morgan fingerprint density at radius 1 is 1.28 bits per heavy atom. The lowest BCUT2D eigenvalue weighted by molar-refractivity contribution is -0.139. The summed E-state index contributed by atoms with van der Waals surface area (Å²) in [5, 5.41) is 0. The lowest BCUT2D eigenvalue weighted by Crippen LogP contribution is -2.43. The van der Waals surface area contributed by atoms with Gasteiger partial charge in [0.1, 0.15) is 5.72 Å². The van der Waals surface area contributed by atoms with E-state index in [2.05, 4.69) is 17.0 Å². The number of benzene rings is 1. The summed E-state index contributed by atoms with van der Waals surface area (Å²) in [4.78, 5) is 14.3. The van der Waals surface area contributed by atoms with Crippen LogP contribution in [-0.4, -0.2) is 23.1 Å². The van der Waals surface area contributed by atoms with E-state index in [1.54, 1.807) is 0 Å². The number of carbonyl (C=O) groups is 1. The average molecular weight is 243 g/mol. The third-order valence-corrected chi connectivity index (χ3v) is 4.81. The van der Waals surface area contributed by atoms with Crippen molar-refractivity contribution in [1.82, 2.24) is 4.90 Å². The predicted octanol–water partition coefficient (Wildman–Crippen LogP) is 2.49. The van der Waals surface area contributed by atoms with Gasteiger partial charge in [-0.2, -0.15) is 0 Å². The summed E-state index contributed by atoms with van der Waals surface area (Å²) >= 11 is 0. The first kappa shape index (κ1) is 10.6. The van der Waals surface area contributed by atoms with Crippen LogP contribution in [-0.2, 0) is 9.53 Å². The van der Waals surface area contributed by atoms with E-state index in [0.29, 0.717) is 18.9 Å². The molecule has 4 rings (SSSR count). The van der Waals surface area contributed by atoms with Crippen molar-refractivity contribution in [2.75, 3.05) is 6.61 Å². The smallest absolute Gasteiger partial charge is 0.225 e. The number of hydrogen-bond acceptors (Lipinski definition) is 2. The highest BCUT2D eigenvalue weighted by molar-refractivity contribution is 5.81. The van der Waals surface area contributed by atoms with E-state index < -0.39 is 0 Å². The molecule has 94 valence electrons. The van der Waals surface area contributed by atoms with Crippen molar-refractivity contribution in [3.8, 4) is 0 Å². The van der Waals surface area contributed by atoms with Crippen molar-refractivity contribution in [3.05, 3.63) is 35.9 Å². The van der Waals surface area contributed by atoms with Crippen LogP contribution in [0, 0.1) is 5.92 Å². The van der Waals surface area contributed by atoms with E-state index in [1.165, 1.54) is 12.0 Å². The summed E-state index contributed by atoms with van der Waals surface area (Å²) < 4.78 is 6.13. The van der Waals surface area contributed by atoms with Crippen LogP contribution in [0.15, 0.2) is 30.3 Å². The third-order valence-electron chi connectivity index (χ3n) is 4.81. The molecule has 0 radical (unpaired) electrons. The standard InChI is InChI=1S/C15H17NO2/c17-14-9-12-7-4-8-15(12)16(14)13(10-18-15)11-5-2-1-3-6-11/h1-3,5-6,12-13H,4,7-10H2/t12-,13?,15+/m1/s1. The molecule has 2 heterocycles. The summed E-state index contributed by atoms with van der Waals surface area (Å²) in [6, 6.07) is 10.4. The Balaban J connectivity index is 1.75. The van der Waals surface area contributed by atoms with Crippen LogP contribution in [0.25, 0.3) is 0 Å². The predicted molar refractivity (Wildman–Crippen MR) is 66.7 cm³/mol.